The Balaban J connectivity index is 2.18. The van der Waals surface area contributed by atoms with Gasteiger partial charge in [-0.05, 0) is 6.07 Å². The highest BCUT2D eigenvalue weighted by Gasteiger charge is 2.52. The van der Waals surface area contributed by atoms with Gasteiger partial charge < -0.3 is 10.1 Å². The number of rotatable bonds is 2. The van der Waals surface area contributed by atoms with Gasteiger partial charge in [0.05, 0.1) is 17.8 Å². The Morgan fingerprint density at radius 2 is 1.86 bits per heavy atom. The van der Waals surface area contributed by atoms with E-state index in [0.717, 1.165) is 0 Å². The molecule has 1 aliphatic rings. The van der Waals surface area contributed by atoms with Crippen LogP contribution in [0.1, 0.15) is 15.9 Å². The lowest BCUT2D eigenvalue weighted by atomic mass is 9.83. The molecule has 0 aliphatic carbocycles. The standard InChI is InChI=1S/C16H11ClFNO3/c1-22-13-8-12-10(7-11(13)17)14(20)16(18,15(21)19-12)9-5-3-2-4-6-9/h2-8H,1H3,(H,19,21)/t16-/m1/s1. The van der Waals surface area contributed by atoms with Crippen LogP contribution in [-0.4, -0.2) is 18.8 Å². The number of ether oxygens (including phenoxy) is 1. The maximum Gasteiger partial charge on any atom is 0.275 e. The summed E-state index contributed by atoms with van der Waals surface area (Å²) in [6, 6.07) is 10.3. The Labute approximate surface area is 130 Å². The van der Waals surface area contributed by atoms with E-state index in [9.17, 15) is 9.59 Å². The summed E-state index contributed by atoms with van der Waals surface area (Å²) >= 11 is 5.99. The zero-order valence-electron chi connectivity index (χ0n) is 11.5. The lowest BCUT2D eigenvalue weighted by molar-refractivity contribution is -0.125. The number of halogens is 2. The molecule has 1 aliphatic heterocycles. The van der Waals surface area contributed by atoms with E-state index >= 15 is 4.39 Å². The molecular formula is C16H11ClFNO3. The molecule has 6 heteroatoms. The summed E-state index contributed by atoms with van der Waals surface area (Å²) in [6.45, 7) is 0. The van der Waals surface area contributed by atoms with Crippen molar-refractivity contribution in [2.75, 3.05) is 12.4 Å². The predicted octanol–water partition coefficient (Wildman–Crippen LogP) is 3.35. The van der Waals surface area contributed by atoms with Gasteiger partial charge in [0, 0.05) is 17.2 Å². The average Bonchev–Trinajstić information content (AvgIpc) is 2.54. The summed E-state index contributed by atoms with van der Waals surface area (Å²) < 4.78 is 20.3. The first-order chi connectivity index (χ1) is 10.5. The van der Waals surface area contributed by atoms with Crippen LogP contribution in [-0.2, 0) is 10.5 Å². The Morgan fingerprint density at radius 1 is 1.18 bits per heavy atom. The third-order valence-electron chi connectivity index (χ3n) is 3.58. The van der Waals surface area contributed by atoms with Gasteiger partial charge in [-0.2, -0.15) is 0 Å². The number of carbonyl (C=O) groups is 2. The summed E-state index contributed by atoms with van der Waals surface area (Å²) in [5.41, 5.74) is -2.60. The molecule has 0 unspecified atom stereocenters. The minimum atomic E-state index is -2.77. The molecule has 112 valence electrons. The summed E-state index contributed by atoms with van der Waals surface area (Å²) in [6.07, 6.45) is 0. The van der Waals surface area contributed by atoms with Gasteiger partial charge in [-0.3, -0.25) is 9.59 Å². The fourth-order valence-electron chi connectivity index (χ4n) is 2.43. The smallest absolute Gasteiger partial charge is 0.275 e. The van der Waals surface area contributed by atoms with Crippen molar-refractivity contribution in [3.63, 3.8) is 0 Å². The minimum Gasteiger partial charge on any atom is -0.495 e. The summed E-state index contributed by atoms with van der Waals surface area (Å²) in [7, 11) is 1.41. The third-order valence-corrected chi connectivity index (χ3v) is 3.88. The van der Waals surface area contributed by atoms with Crippen molar-refractivity contribution in [3.05, 3.63) is 58.6 Å². The zero-order valence-corrected chi connectivity index (χ0v) is 12.3. The van der Waals surface area contributed by atoms with E-state index in [0.29, 0.717) is 5.75 Å². The molecule has 0 bridgehead atoms. The average molecular weight is 320 g/mol. The molecule has 1 heterocycles. The lowest BCUT2D eigenvalue weighted by Crippen LogP contribution is -2.47. The van der Waals surface area contributed by atoms with Gasteiger partial charge in [0.1, 0.15) is 5.75 Å². The molecule has 1 atom stereocenters. The van der Waals surface area contributed by atoms with Gasteiger partial charge in [0.2, 0.25) is 5.78 Å². The van der Waals surface area contributed by atoms with Crippen molar-refractivity contribution in [2.45, 2.75) is 5.67 Å². The molecule has 0 saturated carbocycles. The fourth-order valence-corrected chi connectivity index (χ4v) is 2.67. The van der Waals surface area contributed by atoms with Crippen molar-refractivity contribution in [1.82, 2.24) is 0 Å². The van der Waals surface area contributed by atoms with E-state index in [2.05, 4.69) is 5.32 Å². The zero-order chi connectivity index (χ0) is 15.9. The first-order valence-corrected chi connectivity index (χ1v) is 6.84. The van der Waals surface area contributed by atoms with E-state index in [-0.39, 0.29) is 21.8 Å². The van der Waals surface area contributed by atoms with Crippen LogP contribution >= 0.6 is 11.6 Å². The van der Waals surface area contributed by atoms with Crippen LogP contribution in [0.4, 0.5) is 10.1 Å². The molecule has 1 N–H and O–H groups in total. The molecule has 4 nitrogen and oxygen atoms in total. The normalized spacial score (nSPS) is 20.3. The fraction of sp³-hybridized carbons (Fsp3) is 0.125. The van der Waals surface area contributed by atoms with Crippen LogP contribution < -0.4 is 10.1 Å². The first kappa shape index (κ1) is 14.5. The number of Topliss-reactive ketones (excluding diaryl/α,β-unsaturated/α-hetero) is 1. The van der Waals surface area contributed by atoms with Gasteiger partial charge in [0.25, 0.3) is 11.6 Å². The van der Waals surface area contributed by atoms with Crippen molar-refractivity contribution in [3.8, 4) is 5.75 Å². The van der Waals surface area contributed by atoms with Crippen LogP contribution in [0.15, 0.2) is 42.5 Å². The number of ketones is 1. The van der Waals surface area contributed by atoms with E-state index in [1.807, 2.05) is 0 Å². The molecule has 3 rings (SSSR count). The molecule has 1 amide bonds. The van der Waals surface area contributed by atoms with Gasteiger partial charge in [-0.15, -0.1) is 0 Å². The number of methoxy groups -OCH3 is 1. The monoisotopic (exact) mass is 319 g/mol. The molecule has 0 fully saturated rings. The maximum atomic E-state index is 15.2. The number of benzene rings is 2. The molecule has 22 heavy (non-hydrogen) atoms. The second-order valence-electron chi connectivity index (χ2n) is 4.84. The molecule has 2 aromatic rings. The lowest BCUT2D eigenvalue weighted by Gasteiger charge is -2.29. The number of carbonyl (C=O) groups excluding carboxylic acids is 2. The number of nitrogens with one attached hydrogen (secondary N) is 1. The van der Waals surface area contributed by atoms with E-state index in [1.54, 1.807) is 18.2 Å². The van der Waals surface area contributed by atoms with Crippen LogP contribution in [0.5, 0.6) is 5.75 Å². The van der Waals surface area contributed by atoms with Crippen molar-refractivity contribution >= 4 is 29.0 Å². The Kier molecular flexibility index (Phi) is 3.37. The van der Waals surface area contributed by atoms with Crippen molar-refractivity contribution in [2.24, 2.45) is 0 Å². The van der Waals surface area contributed by atoms with Crippen molar-refractivity contribution in [1.29, 1.82) is 0 Å². The quantitative estimate of drug-likeness (QED) is 0.864. The van der Waals surface area contributed by atoms with Crippen LogP contribution in [0.25, 0.3) is 0 Å². The summed E-state index contributed by atoms with van der Waals surface area (Å²) in [4.78, 5) is 24.8. The van der Waals surface area contributed by atoms with Crippen LogP contribution in [0.2, 0.25) is 5.02 Å². The summed E-state index contributed by atoms with van der Waals surface area (Å²) in [5.74, 6) is -1.68. The van der Waals surface area contributed by atoms with E-state index < -0.39 is 17.4 Å². The van der Waals surface area contributed by atoms with Gasteiger partial charge in [0.15, 0.2) is 0 Å². The minimum absolute atomic E-state index is 0.0109. The SMILES string of the molecule is COc1cc2c(cc1Cl)C(=O)[C@](F)(c1ccccc1)C(=O)N2. The summed E-state index contributed by atoms with van der Waals surface area (Å²) in [5, 5.41) is 2.58. The maximum absolute atomic E-state index is 15.2. The number of alkyl halides is 1. The molecule has 0 spiro atoms. The highest BCUT2D eigenvalue weighted by Crippen LogP contribution is 2.41. The predicted molar refractivity (Wildman–Crippen MR) is 80.2 cm³/mol. The Hall–Kier alpha value is -2.40. The van der Waals surface area contributed by atoms with Crippen LogP contribution in [0.3, 0.4) is 0 Å². The highest BCUT2D eigenvalue weighted by atomic mass is 35.5. The topological polar surface area (TPSA) is 55.4 Å². The largest absolute Gasteiger partial charge is 0.495 e. The van der Waals surface area contributed by atoms with Gasteiger partial charge >= 0.3 is 0 Å². The number of fused-ring (bicyclic) bond motifs is 1. The second kappa shape index (κ2) is 5.10. The Bertz CT molecular complexity index is 778. The third kappa shape index (κ3) is 1.97. The molecule has 0 radical (unpaired) electrons. The molecule has 2 aromatic carbocycles. The number of anilines is 1. The number of hydrogen-bond donors (Lipinski definition) is 1. The van der Waals surface area contributed by atoms with Crippen molar-refractivity contribution < 1.29 is 18.7 Å². The number of amides is 1. The highest BCUT2D eigenvalue weighted by molar-refractivity contribution is 6.34. The Morgan fingerprint density at radius 3 is 2.50 bits per heavy atom. The van der Waals surface area contributed by atoms with Gasteiger partial charge in [-0.1, -0.05) is 41.9 Å². The van der Waals surface area contributed by atoms with Crippen LogP contribution in [0, 0.1) is 0 Å². The molecular weight excluding hydrogens is 309 g/mol. The number of hydrogen-bond acceptors (Lipinski definition) is 3. The molecule has 0 aromatic heterocycles. The van der Waals surface area contributed by atoms with E-state index in [1.165, 1.54) is 31.4 Å². The first-order valence-electron chi connectivity index (χ1n) is 6.46. The molecule has 0 saturated heterocycles. The second-order valence-corrected chi connectivity index (χ2v) is 5.25. The van der Waals surface area contributed by atoms with Gasteiger partial charge in [-0.25, -0.2) is 4.39 Å². The van der Waals surface area contributed by atoms with E-state index in [4.69, 9.17) is 16.3 Å².